The van der Waals surface area contributed by atoms with Gasteiger partial charge in [-0.25, -0.2) is 0 Å². The van der Waals surface area contributed by atoms with E-state index in [0.29, 0.717) is 23.9 Å². The molecule has 1 aromatic rings. The zero-order valence-electron chi connectivity index (χ0n) is 17.6. The zero-order valence-corrected chi connectivity index (χ0v) is 19.2. The molecule has 0 spiro atoms. The fraction of sp³-hybridized carbons (Fsp3) is 0.720. The number of nitrogens with one attached hydrogen (secondary N) is 1. The van der Waals surface area contributed by atoms with E-state index in [1.54, 1.807) is 0 Å². The van der Waals surface area contributed by atoms with E-state index in [1.165, 1.54) is 37.7 Å². The van der Waals surface area contributed by atoms with Gasteiger partial charge >= 0.3 is 0 Å². The quantitative estimate of drug-likeness (QED) is 0.474. The highest BCUT2D eigenvalue weighted by molar-refractivity contribution is 7.80. The molecule has 0 radical (unpaired) electrons. The topological polar surface area (TPSA) is 38.0 Å². The summed E-state index contributed by atoms with van der Waals surface area (Å²) >= 11 is 13.5. The van der Waals surface area contributed by atoms with Crippen molar-refractivity contribution < 1.29 is 0 Å². The maximum absolute atomic E-state index is 7.36. The zero-order chi connectivity index (χ0) is 20.3. The summed E-state index contributed by atoms with van der Waals surface area (Å²) in [7, 11) is 0. The van der Waals surface area contributed by atoms with Crippen molar-refractivity contribution >= 4 is 28.8 Å². The van der Waals surface area contributed by atoms with Crippen molar-refractivity contribution in [1.29, 1.82) is 0 Å². The second-order valence-corrected chi connectivity index (χ2v) is 11.8. The van der Waals surface area contributed by atoms with Crippen molar-refractivity contribution in [1.82, 2.24) is 5.32 Å². The molecule has 0 heterocycles. The molecule has 6 rings (SSSR count). The van der Waals surface area contributed by atoms with Crippen LogP contribution in [0.5, 0.6) is 0 Å². The van der Waals surface area contributed by atoms with E-state index in [1.807, 2.05) is 0 Å². The number of alkyl halides is 1. The van der Waals surface area contributed by atoms with Crippen LogP contribution < -0.4 is 11.1 Å². The minimum atomic E-state index is -0.0323. The van der Waals surface area contributed by atoms with E-state index in [4.69, 9.17) is 29.6 Å². The third kappa shape index (κ3) is 3.18. The van der Waals surface area contributed by atoms with E-state index in [9.17, 15) is 0 Å². The van der Waals surface area contributed by atoms with Crippen molar-refractivity contribution in [2.75, 3.05) is 0 Å². The maximum Gasteiger partial charge on any atom is 0.0818 e. The normalized spacial score (nSPS) is 45.9. The first-order valence-electron chi connectivity index (χ1n) is 11.7. The highest BCUT2D eigenvalue weighted by atomic mass is 35.5. The second kappa shape index (κ2) is 7.21. The van der Waals surface area contributed by atoms with Crippen LogP contribution in [0.1, 0.15) is 76.7 Å². The summed E-state index contributed by atoms with van der Waals surface area (Å²) in [6.07, 6.45) is 11.6. The molecule has 0 aromatic heterocycles. The van der Waals surface area contributed by atoms with Crippen LogP contribution in [-0.2, 0) is 5.41 Å². The van der Waals surface area contributed by atoms with E-state index >= 15 is 0 Å². The molecule has 3 N–H and O–H groups in total. The molecule has 0 aliphatic heterocycles. The molecule has 2 unspecified atom stereocenters. The number of hydrogen-bond donors (Lipinski definition) is 2. The molecular formula is C25H35ClN2S. The lowest BCUT2D eigenvalue weighted by atomic mass is 9.39. The predicted molar refractivity (Wildman–Crippen MR) is 125 cm³/mol. The van der Waals surface area contributed by atoms with Gasteiger partial charge in [-0.2, -0.15) is 0 Å². The molecule has 0 saturated heterocycles. The molecule has 1 aromatic carbocycles. The highest BCUT2D eigenvalue weighted by Crippen LogP contribution is 2.71. The lowest BCUT2D eigenvalue weighted by molar-refractivity contribution is -0.0687. The minimum absolute atomic E-state index is 0.0323. The third-order valence-corrected chi connectivity index (χ3v) is 10.5. The summed E-state index contributed by atoms with van der Waals surface area (Å²) < 4.78 is 0. The predicted octanol–water partition coefficient (Wildman–Crippen LogP) is 5.71. The Balaban J connectivity index is 1.45. The summed E-state index contributed by atoms with van der Waals surface area (Å²) in [5, 5.41) is 3.84. The van der Waals surface area contributed by atoms with Crippen molar-refractivity contribution in [3.63, 3.8) is 0 Å². The van der Waals surface area contributed by atoms with Crippen molar-refractivity contribution in [2.24, 2.45) is 23.0 Å². The third-order valence-electron chi connectivity index (χ3n) is 9.10. The highest BCUT2D eigenvalue weighted by Gasteiger charge is 2.67. The second-order valence-electron chi connectivity index (χ2n) is 10.7. The first kappa shape index (κ1) is 20.3. The minimum Gasteiger partial charge on any atom is -0.376 e. The lowest BCUT2D eigenvalue weighted by Gasteiger charge is -2.68. The molecule has 4 heteroatoms. The Hall–Kier alpha value is -0.640. The SMILES string of the molecule is CCC1(Cl)C2CC3(C(=S)N[C@H]4CC[C@H](N)CC4)CC1CC(c1ccccc1)(C2)C3. The van der Waals surface area contributed by atoms with E-state index < -0.39 is 0 Å². The monoisotopic (exact) mass is 430 g/mol. The molecule has 29 heavy (non-hydrogen) atoms. The van der Waals surface area contributed by atoms with Crippen LogP contribution in [0.4, 0.5) is 0 Å². The molecular weight excluding hydrogens is 396 g/mol. The molecule has 5 fully saturated rings. The summed E-state index contributed by atoms with van der Waals surface area (Å²) in [6, 6.07) is 12.1. The molecule has 5 saturated carbocycles. The Morgan fingerprint density at radius 1 is 1.07 bits per heavy atom. The fourth-order valence-electron chi connectivity index (χ4n) is 7.72. The first-order valence-corrected chi connectivity index (χ1v) is 12.5. The van der Waals surface area contributed by atoms with Crippen molar-refractivity contribution in [2.45, 2.75) is 93.5 Å². The Labute approximate surface area is 186 Å². The summed E-state index contributed by atoms with van der Waals surface area (Å²) in [6.45, 7) is 2.29. The van der Waals surface area contributed by atoms with Gasteiger partial charge in [-0.15, -0.1) is 11.6 Å². The average molecular weight is 431 g/mol. The van der Waals surface area contributed by atoms with Crippen LogP contribution in [0.2, 0.25) is 0 Å². The molecule has 4 bridgehead atoms. The van der Waals surface area contributed by atoms with Crippen LogP contribution in [-0.4, -0.2) is 21.9 Å². The molecule has 2 nitrogen and oxygen atoms in total. The largest absolute Gasteiger partial charge is 0.376 e. The van der Waals surface area contributed by atoms with Crippen LogP contribution in [0.15, 0.2) is 30.3 Å². The van der Waals surface area contributed by atoms with Crippen LogP contribution in [0.3, 0.4) is 0 Å². The smallest absolute Gasteiger partial charge is 0.0818 e. The van der Waals surface area contributed by atoms with Crippen LogP contribution in [0, 0.1) is 17.3 Å². The van der Waals surface area contributed by atoms with Gasteiger partial charge in [0.1, 0.15) is 0 Å². The van der Waals surface area contributed by atoms with Gasteiger partial charge in [-0.1, -0.05) is 49.5 Å². The molecule has 5 aliphatic carbocycles. The van der Waals surface area contributed by atoms with Gasteiger partial charge in [-0.3, -0.25) is 0 Å². The molecule has 0 amide bonds. The summed E-state index contributed by atoms with van der Waals surface area (Å²) in [5.74, 6) is 1.13. The Morgan fingerprint density at radius 3 is 2.28 bits per heavy atom. The Bertz CT molecular complexity index is 754. The fourth-order valence-corrected chi connectivity index (χ4v) is 8.43. The van der Waals surface area contributed by atoms with Gasteiger partial charge in [0, 0.05) is 17.5 Å². The number of nitrogens with two attached hydrogens (primary N) is 1. The first-order chi connectivity index (χ1) is 13.9. The van der Waals surface area contributed by atoms with Gasteiger partial charge in [0.15, 0.2) is 0 Å². The number of hydrogen-bond acceptors (Lipinski definition) is 2. The molecule has 2 atom stereocenters. The van der Waals surface area contributed by atoms with Gasteiger partial charge in [0.25, 0.3) is 0 Å². The van der Waals surface area contributed by atoms with E-state index in [0.717, 1.165) is 37.1 Å². The molecule has 158 valence electrons. The number of halogens is 1. The maximum atomic E-state index is 7.36. The number of thiocarbonyl (C=S) groups is 1. The average Bonchev–Trinajstić information content (AvgIpc) is 2.73. The van der Waals surface area contributed by atoms with Crippen molar-refractivity contribution in [3.8, 4) is 0 Å². The van der Waals surface area contributed by atoms with E-state index in [2.05, 4.69) is 42.6 Å². The summed E-state index contributed by atoms with van der Waals surface area (Å²) in [5.41, 5.74) is 8.02. The van der Waals surface area contributed by atoms with Gasteiger partial charge in [0.2, 0.25) is 0 Å². The number of benzene rings is 1. The standard InChI is InChI=1S/C25H35ClN2S/c1-2-25(26)18-12-23(17-6-4-3-5-7-17)13-19(25)15-24(14-18,16-23)22(29)28-21-10-8-20(27)9-11-21/h3-7,18-21H,2,8-16,27H2,1H3,(H,28,29)/t18?,19?,20-,21-,23?,24?,25?. The van der Waals surface area contributed by atoms with E-state index in [-0.39, 0.29) is 15.7 Å². The summed E-state index contributed by atoms with van der Waals surface area (Å²) in [4.78, 5) is 1.11. The van der Waals surface area contributed by atoms with Gasteiger partial charge < -0.3 is 11.1 Å². The van der Waals surface area contributed by atoms with Crippen LogP contribution >= 0.6 is 23.8 Å². The Kier molecular flexibility index (Phi) is 5.04. The van der Waals surface area contributed by atoms with Crippen LogP contribution in [0.25, 0.3) is 0 Å². The lowest BCUT2D eigenvalue weighted by Crippen LogP contribution is -2.66. The van der Waals surface area contributed by atoms with Crippen molar-refractivity contribution in [3.05, 3.63) is 35.9 Å². The molecule has 5 aliphatic rings. The Morgan fingerprint density at radius 2 is 1.69 bits per heavy atom. The van der Waals surface area contributed by atoms with Gasteiger partial charge in [-0.05, 0) is 87.0 Å². The van der Waals surface area contributed by atoms with Gasteiger partial charge in [0.05, 0.1) is 9.86 Å². The number of rotatable bonds is 4.